The smallest absolute Gasteiger partial charge is 0.164 e. The number of hydrogen-bond donors (Lipinski definition) is 1. The van der Waals surface area contributed by atoms with Crippen molar-refractivity contribution in [3.05, 3.63) is 40.9 Å². The number of aromatic nitrogens is 3. The number of halogens is 1. The molecule has 0 amide bonds. The third kappa shape index (κ3) is 3.00. The summed E-state index contributed by atoms with van der Waals surface area (Å²) in [6, 6.07) is 5.57. The van der Waals surface area contributed by atoms with Crippen LogP contribution in [0.1, 0.15) is 11.4 Å². The van der Waals surface area contributed by atoms with Gasteiger partial charge in [0.15, 0.2) is 5.82 Å². The lowest BCUT2D eigenvalue weighted by Crippen LogP contribution is -2.09. The predicted octanol–water partition coefficient (Wildman–Crippen LogP) is 1.77. The van der Waals surface area contributed by atoms with E-state index in [2.05, 4.69) is 15.4 Å². The second-order valence-corrected chi connectivity index (χ2v) is 4.31. The summed E-state index contributed by atoms with van der Waals surface area (Å²) in [6.07, 6.45) is 1.51. The van der Waals surface area contributed by atoms with Gasteiger partial charge in [-0.1, -0.05) is 11.6 Å². The zero-order valence-corrected chi connectivity index (χ0v) is 11.1. The average Bonchev–Trinajstić information content (AvgIpc) is 2.74. The van der Waals surface area contributed by atoms with E-state index in [4.69, 9.17) is 16.3 Å². The van der Waals surface area contributed by atoms with Crippen LogP contribution in [-0.4, -0.2) is 21.8 Å². The second-order valence-electron chi connectivity index (χ2n) is 3.87. The van der Waals surface area contributed by atoms with E-state index < -0.39 is 0 Å². The van der Waals surface area contributed by atoms with Crippen molar-refractivity contribution in [2.75, 3.05) is 7.05 Å². The lowest BCUT2D eigenvalue weighted by Gasteiger charge is -2.11. The lowest BCUT2D eigenvalue weighted by molar-refractivity contribution is 0.286. The molecule has 6 heteroatoms. The van der Waals surface area contributed by atoms with Crippen LogP contribution in [0.5, 0.6) is 5.75 Å². The van der Waals surface area contributed by atoms with Crippen LogP contribution < -0.4 is 10.1 Å². The van der Waals surface area contributed by atoms with E-state index in [-0.39, 0.29) is 0 Å². The largest absolute Gasteiger partial charge is 0.485 e. The van der Waals surface area contributed by atoms with E-state index in [1.807, 2.05) is 32.3 Å². The highest BCUT2D eigenvalue weighted by Crippen LogP contribution is 2.23. The van der Waals surface area contributed by atoms with E-state index in [1.54, 1.807) is 4.68 Å². The van der Waals surface area contributed by atoms with Gasteiger partial charge >= 0.3 is 0 Å². The van der Waals surface area contributed by atoms with Crippen molar-refractivity contribution >= 4 is 11.6 Å². The first-order valence-electron chi connectivity index (χ1n) is 5.59. The molecule has 0 saturated carbocycles. The maximum atomic E-state index is 5.97. The number of nitrogens with zero attached hydrogens (tertiary/aromatic N) is 3. The van der Waals surface area contributed by atoms with Crippen LogP contribution in [0.3, 0.4) is 0 Å². The monoisotopic (exact) mass is 266 g/mol. The molecular weight excluding hydrogens is 252 g/mol. The summed E-state index contributed by atoms with van der Waals surface area (Å²) >= 11 is 5.97. The van der Waals surface area contributed by atoms with E-state index in [0.717, 1.165) is 17.1 Å². The van der Waals surface area contributed by atoms with Crippen LogP contribution in [0, 0.1) is 0 Å². The zero-order valence-electron chi connectivity index (χ0n) is 10.4. The highest BCUT2D eigenvalue weighted by Gasteiger charge is 2.06. The molecule has 0 spiro atoms. The molecule has 1 aromatic heterocycles. The summed E-state index contributed by atoms with van der Waals surface area (Å²) in [5.41, 5.74) is 1.02. The van der Waals surface area contributed by atoms with Crippen molar-refractivity contribution < 1.29 is 4.74 Å². The molecule has 2 rings (SSSR count). The van der Waals surface area contributed by atoms with Gasteiger partial charge in [-0.2, -0.15) is 5.10 Å². The minimum absolute atomic E-state index is 0.384. The van der Waals surface area contributed by atoms with Crippen molar-refractivity contribution in [2.45, 2.75) is 13.2 Å². The Bertz CT molecular complexity index is 527. The highest BCUT2D eigenvalue weighted by atomic mass is 35.5. The fourth-order valence-electron chi connectivity index (χ4n) is 1.61. The molecule has 0 bridgehead atoms. The Labute approximate surface area is 111 Å². The van der Waals surface area contributed by atoms with Crippen LogP contribution in [-0.2, 0) is 20.2 Å². The van der Waals surface area contributed by atoms with Crippen molar-refractivity contribution in [2.24, 2.45) is 7.05 Å². The van der Waals surface area contributed by atoms with Crippen LogP contribution in [0.2, 0.25) is 5.02 Å². The molecule has 0 radical (unpaired) electrons. The summed E-state index contributed by atoms with van der Waals surface area (Å²) in [5, 5.41) is 7.78. The molecular formula is C12H15ClN4O. The minimum atomic E-state index is 0.384. The van der Waals surface area contributed by atoms with Gasteiger partial charge < -0.3 is 10.1 Å². The molecule has 0 aliphatic carbocycles. The third-order valence-electron chi connectivity index (χ3n) is 2.55. The summed E-state index contributed by atoms with van der Waals surface area (Å²) in [5.74, 6) is 1.58. The van der Waals surface area contributed by atoms with Crippen molar-refractivity contribution in [1.82, 2.24) is 20.1 Å². The molecule has 0 fully saturated rings. The Hall–Kier alpha value is -1.59. The second kappa shape index (κ2) is 5.84. The molecule has 0 aliphatic rings. The SMILES string of the molecule is CNCc1cc(Cl)ccc1OCc1ncnn1C. The van der Waals surface area contributed by atoms with Crippen molar-refractivity contribution in [3.63, 3.8) is 0 Å². The van der Waals surface area contributed by atoms with E-state index in [0.29, 0.717) is 18.2 Å². The molecule has 0 aliphatic heterocycles. The van der Waals surface area contributed by atoms with Crippen LogP contribution in [0.25, 0.3) is 0 Å². The number of benzene rings is 1. The predicted molar refractivity (Wildman–Crippen MR) is 69.6 cm³/mol. The van der Waals surface area contributed by atoms with Gasteiger partial charge in [0.25, 0.3) is 0 Å². The Kier molecular flexibility index (Phi) is 4.17. The molecule has 2 aromatic rings. The van der Waals surface area contributed by atoms with Crippen LogP contribution >= 0.6 is 11.6 Å². The first kappa shape index (κ1) is 12.9. The number of rotatable bonds is 5. The first-order chi connectivity index (χ1) is 8.70. The molecule has 0 unspecified atom stereocenters. The molecule has 18 heavy (non-hydrogen) atoms. The number of nitrogens with one attached hydrogen (secondary N) is 1. The molecule has 1 aromatic carbocycles. The van der Waals surface area contributed by atoms with Gasteiger partial charge in [0, 0.05) is 24.2 Å². The fourth-order valence-corrected chi connectivity index (χ4v) is 1.81. The van der Waals surface area contributed by atoms with E-state index in [1.165, 1.54) is 6.33 Å². The molecule has 0 atom stereocenters. The maximum absolute atomic E-state index is 5.97. The third-order valence-corrected chi connectivity index (χ3v) is 2.79. The molecule has 1 N–H and O–H groups in total. The standard InChI is InChI=1S/C12H15ClN4O/c1-14-6-9-5-10(13)3-4-11(9)18-7-12-15-8-16-17(12)2/h3-5,8,14H,6-7H2,1-2H3. The number of aryl methyl sites for hydroxylation is 1. The summed E-state index contributed by atoms with van der Waals surface area (Å²) in [6.45, 7) is 1.09. The van der Waals surface area contributed by atoms with Gasteiger partial charge in [-0.15, -0.1) is 0 Å². The van der Waals surface area contributed by atoms with Gasteiger partial charge in [-0.3, -0.25) is 4.68 Å². The van der Waals surface area contributed by atoms with Gasteiger partial charge in [0.2, 0.25) is 0 Å². The highest BCUT2D eigenvalue weighted by molar-refractivity contribution is 6.30. The molecule has 1 heterocycles. The van der Waals surface area contributed by atoms with Crippen molar-refractivity contribution in [3.8, 4) is 5.75 Å². The van der Waals surface area contributed by atoms with Crippen LogP contribution in [0.15, 0.2) is 24.5 Å². The van der Waals surface area contributed by atoms with Crippen LogP contribution in [0.4, 0.5) is 0 Å². The first-order valence-corrected chi connectivity index (χ1v) is 5.97. The van der Waals surface area contributed by atoms with Crippen molar-refractivity contribution in [1.29, 1.82) is 0 Å². The molecule has 96 valence electrons. The lowest BCUT2D eigenvalue weighted by atomic mass is 10.2. The normalized spacial score (nSPS) is 10.6. The maximum Gasteiger partial charge on any atom is 0.164 e. The van der Waals surface area contributed by atoms with Gasteiger partial charge in [0.1, 0.15) is 18.7 Å². The summed E-state index contributed by atoms with van der Waals surface area (Å²) in [4.78, 5) is 4.11. The fraction of sp³-hybridized carbons (Fsp3) is 0.333. The van der Waals surface area contributed by atoms with E-state index in [9.17, 15) is 0 Å². The van der Waals surface area contributed by atoms with Gasteiger partial charge in [0.05, 0.1) is 0 Å². The quantitative estimate of drug-likeness (QED) is 0.896. The Morgan fingerprint density at radius 2 is 2.28 bits per heavy atom. The summed E-state index contributed by atoms with van der Waals surface area (Å²) in [7, 11) is 3.72. The topological polar surface area (TPSA) is 52.0 Å². The van der Waals surface area contributed by atoms with Gasteiger partial charge in [-0.05, 0) is 25.2 Å². The summed E-state index contributed by atoms with van der Waals surface area (Å²) < 4.78 is 7.44. The van der Waals surface area contributed by atoms with E-state index >= 15 is 0 Å². The Morgan fingerprint density at radius 1 is 1.44 bits per heavy atom. The number of hydrogen-bond acceptors (Lipinski definition) is 4. The Balaban J connectivity index is 2.11. The zero-order chi connectivity index (χ0) is 13.0. The minimum Gasteiger partial charge on any atom is -0.485 e. The molecule has 0 saturated heterocycles. The number of ether oxygens (including phenoxy) is 1. The molecule has 5 nitrogen and oxygen atoms in total. The Morgan fingerprint density at radius 3 is 2.94 bits per heavy atom. The average molecular weight is 267 g/mol. The van der Waals surface area contributed by atoms with Gasteiger partial charge in [-0.25, -0.2) is 4.98 Å².